The molecule has 1 saturated heterocycles. The van der Waals surface area contributed by atoms with Crippen molar-refractivity contribution in [2.24, 2.45) is 0 Å². The Hall–Kier alpha value is -3.50. The lowest BCUT2D eigenvalue weighted by molar-refractivity contribution is -0.384. The molecule has 0 atom stereocenters. The van der Waals surface area contributed by atoms with Crippen LogP contribution in [0.5, 0.6) is 5.75 Å². The van der Waals surface area contributed by atoms with E-state index in [9.17, 15) is 10.1 Å². The van der Waals surface area contributed by atoms with Gasteiger partial charge in [0.25, 0.3) is 5.69 Å². The van der Waals surface area contributed by atoms with Crippen molar-refractivity contribution in [3.05, 3.63) is 69.8 Å². The number of carbonyl (C=O) groups is 2. The normalized spacial score (nSPS) is 14.2. The third-order valence-electron chi connectivity index (χ3n) is 4.84. The standard InChI is InChI=1S/C20H25N3O3.C2H2O4/c1-2-26-20-9-5-18(6-10-20)16-22-13-11-21(12-14-22)15-17-3-7-19(8-4-17)23(24)25;3-1(4)2(5)6/h3-10H,2,11-16H2,1H3;(H,3,4)(H,5,6). The molecule has 0 spiro atoms. The van der Waals surface area contributed by atoms with E-state index in [0.29, 0.717) is 6.61 Å². The Labute approximate surface area is 185 Å². The van der Waals surface area contributed by atoms with E-state index in [-0.39, 0.29) is 10.6 Å². The highest BCUT2D eigenvalue weighted by Gasteiger charge is 2.17. The number of nitrogens with zero attached hydrogens (tertiary/aromatic N) is 3. The van der Waals surface area contributed by atoms with Crippen molar-refractivity contribution in [2.75, 3.05) is 32.8 Å². The molecule has 0 unspecified atom stereocenters. The van der Waals surface area contributed by atoms with Crippen molar-refractivity contribution in [3.63, 3.8) is 0 Å². The van der Waals surface area contributed by atoms with Crippen LogP contribution in [0.2, 0.25) is 0 Å². The minimum absolute atomic E-state index is 0.147. The molecule has 10 nitrogen and oxygen atoms in total. The lowest BCUT2D eigenvalue weighted by Crippen LogP contribution is -2.45. The van der Waals surface area contributed by atoms with Gasteiger partial charge in [-0.3, -0.25) is 19.9 Å². The Bertz CT molecular complexity index is 881. The highest BCUT2D eigenvalue weighted by Crippen LogP contribution is 2.17. The highest BCUT2D eigenvalue weighted by molar-refractivity contribution is 6.27. The van der Waals surface area contributed by atoms with Gasteiger partial charge in [0.15, 0.2) is 0 Å². The zero-order chi connectivity index (χ0) is 23.5. The van der Waals surface area contributed by atoms with Gasteiger partial charge in [-0.05, 0) is 30.2 Å². The predicted molar refractivity (Wildman–Crippen MR) is 117 cm³/mol. The van der Waals surface area contributed by atoms with Crippen LogP contribution in [0.25, 0.3) is 0 Å². The first kappa shape index (κ1) is 24.8. The molecule has 0 saturated carbocycles. The van der Waals surface area contributed by atoms with Crippen molar-refractivity contribution in [3.8, 4) is 5.75 Å². The second kappa shape index (κ2) is 12.4. The minimum atomic E-state index is -1.82. The van der Waals surface area contributed by atoms with E-state index >= 15 is 0 Å². The molecule has 10 heteroatoms. The van der Waals surface area contributed by atoms with Gasteiger partial charge in [-0.25, -0.2) is 9.59 Å². The van der Waals surface area contributed by atoms with Gasteiger partial charge in [-0.1, -0.05) is 24.3 Å². The van der Waals surface area contributed by atoms with Crippen molar-refractivity contribution < 1.29 is 29.5 Å². The van der Waals surface area contributed by atoms with Crippen LogP contribution < -0.4 is 4.74 Å². The summed E-state index contributed by atoms with van der Waals surface area (Å²) < 4.78 is 5.48. The van der Waals surface area contributed by atoms with Crippen LogP contribution in [0.1, 0.15) is 18.1 Å². The number of non-ortho nitro benzene ring substituents is 1. The van der Waals surface area contributed by atoms with E-state index in [2.05, 4.69) is 21.9 Å². The fourth-order valence-electron chi connectivity index (χ4n) is 3.20. The smallest absolute Gasteiger partial charge is 0.414 e. The van der Waals surface area contributed by atoms with Gasteiger partial charge in [0.05, 0.1) is 11.5 Å². The molecule has 2 aromatic carbocycles. The van der Waals surface area contributed by atoms with Crippen molar-refractivity contribution >= 4 is 17.6 Å². The molecule has 1 fully saturated rings. The van der Waals surface area contributed by atoms with Gasteiger partial charge in [-0.15, -0.1) is 0 Å². The molecule has 2 aromatic rings. The number of rotatable bonds is 7. The molecule has 0 amide bonds. The average molecular weight is 445 g/mol. The molecular formula is C22H27N3O7. The summed E-state index contributed by atoms with van der Waals surface area (Å²) in [5, 5.41) is 25.5. The van der Waals surface area contributed by atoms with Gasteiger partial charge in [-0.2, -0.15) is 0 Å². The van der Waals surface area contributed by atoms with E-state index in [1.165, 1.54) is 5.56 Å². The molecule has 0 bridgehead atoms. The van der Waals surface area contributed by atoms with E-state index in [1.54, 1.807) is 12.1 Å². The maximum Gasteiger partial charge on any atom is 0.414 e. The number of carboxylic acids is 2. The van der Waals surface area contributed by atoms with E-state index in [1.807, 2.05) is 31.2 Å². The van der Waals surface area contributed by atoms with E-state index in [0.717, 1.165) is 50.6 Å². The molecule has 1 aliphatic heterocycles. The summed E-state index contributed by atoms with van der Waals surface area (Å²) in [6.07, 6.45) is 0. The first-order valence-corrected chi connectivity index (χ1v) is 10.1. The summed E-state index contributed by atoms with van der Waals surface area (Å²) in [5.41, 5.74) is 2.57. The molecule has 32 heavy (non-hydrogen) atoms. The largest absolute Gasteiger partial charge is 0.494 e. The van der Waals surface area contributed by atoms with Crippen LogP contribution in [0.15, 0.2) is 48.5 Å². The first-order valence-electron chi connectivity index (χ1n) is 10.1. The van der Waals surface area contributed by atoms with Crippen LogP contribution in [-0.4, -0.2) is 69.7 Å². The average Bonchev–Trinajstić information content (AvgIpc) is 2.77. The van der Waals surface area contributed by atoms with Crippen LogP contribution in [0.3, 0.4) is 0 Å². The Balaban J connectivity index is 0.000000534. The minimum Gasteiger partial charge on any atom is -0.494 e. The molecule has 0 aliphatic carbocycles. The maximum atomic E-state index is 10.7. The van der Waals surface area contributed by atoms with Crippen LogP contribution in [-0.2, 0) is 22.7 Å². The second-order valence-electron chi connectivity index (χ2n) is 7.16. The predicted octanol–water partition coefficient (Wildman–Crippen LogP) is 2.47. The number of aliphatic carboxylic acids is 2. The molecule has 172 valence electrons. The van der Waals surface area contributed by atoms with Crippen molar-refractivity contribution in [2.45, 2.75) is 20.0 Å². The number of nitro benzene ring substituents is 1. The SMILES string of the molecule is CCOc1ccc(CN2CCN(Cc3ccc([N+](=O)[O-])cc3)CC2)cc1.O=C(O)C(=O)O. The number of carboxylic acid groups (broad SMARTS) is 2. The zero-order valence-electron chi connectivity index (χ0n) is 17.8. The molecule has 3 rings (SSSR count). The Kier molecular flexibility index (Phi) is 9.58. The summed E-state index contributed by atoms with van der Waals surface area (Å²) in [7, 11) is 0. The zero-order valence-corrected chi connectivity index (χ0v) is 17.8. The number of piperazine rings is 1. The lowest BCUT2D eigenvalue weighted by atomic mass is 10.1. The van der Waals surface area contributed by atoms with E-state index < -0.39 is 11.9 Å². The Morgan fingerprint density at radius 2 is 1.28 bits per heavy atom. The third-order valence-corrected chi connectivity index (χ3v) is 4.84. The lowest BCUT2D eigenvalue weighted by Gasteiger charge is -2.34. The Morgan fingerprint density at radius 3 is 1.62 bits per heavy atom. The maximum absolute atomic E-state index is 10.7. The summed E-state index contributed by atoms with van der Waals surface area (Å²) >= 11 is 0. The molecule has 0 radical (unpaired) electrons. The molecule has 0 aromatic heterocycles. The summed E-state index contributed by atoms with van der Waals surface area (Å²) in [5.74, 6) is -2.73. The number of ether oxygens (including phenoxy) is 1. The third kappa shape index (κ3) is 8.32. The van der Waals surface area contributed by atoms with Crippen LogP contribution >= 0.6 is 0 Å². The number of nitro groups is 1. The van der Waals surface area contributed by atoms with Gasteiger partial charge in [0.2, 0.25) is 0 Å². The molecular weight excluding hydrogens is 418 g/mol. The second-order valence-corrected chi connectivity index (χ2v) is 7.16. The first-order chi connectivity index (χ1) is 15.3. The monoisotopic (exact) mass is 445 g/mol. The van der Waals surface area contributed by atoms with Crippen molar-refractivity contribution in [1.82, 2.24) is 9.80 Å². The molecule has 1 aliphatic rings. The van der Waals surface area contributed by atoms with Crippen molar-refractivity contribution in [1.29, 1.82) is 0 Å². The fraction of sp³-hybridized carbons (Fsp3) is 0.364. The van der Waals surface area contributed by atoms with Crippen LogP contribution in [0.4, 0.5) is 5.69 Å². The van der Waals surface area contributed by atoms with Crippen LogP contribution in [0, 0.1) is 10.1 Å². The Morgan fingerprint density at radius 1 is 0.875 bits per heavy atom. The van der Waals surface area contributed by atoms with Gasteiger partial charge >= 0.3 is 11.9 Å². The summed E-state index contributed by atoms with van der Waals surface area (Å²) in [4.78, 5) is 33.4. The number of hydrogen-bond donors (Lipinski definition) is 2. The van der Waals surface area contributed by atoms with E-state index in [4.69, 9.17) is 24.5 Å². The number of benzene rings is 2. The summed E-state index contributed by atoms with van der Waals surface area (Å²) in [6, 6.07) is 15.2. The van der Waals surface area contributed by atoms with Gasteiger partial charge in [0, 0.05) is 51.4 Å². The van der Waals surface area contributed by atoms with Gasteiger partial charge < -0.3 is 14.9 Å². The number of hydrogen-bond acceptors (Lipinski definition) is 7. The highest BCUT2D eigenvalue weighted by atomic mass is 16.6. The molecule has 1 heterocycles. The van der Waals surface area contributed by atoms with Gasteiger partial charge in [0.1, 0.15) is 5.75 Å². The molecule has 2 N–H and O–H groups in total. The topological polar surface area (TPSA) is 133 Å². The quantitative estimate of drug-likeness (QED) is 0.374. The summed E-state index contributed by atoms with van der Waals surface area (Å²) in [6.45, 7) is 8.55. The fourth-order valence-corrected chi connectivity index (χ4v) is 3.20.